The van der Waals surface area contributed by atoms with Crippen molar-refractivity contribution in [3.8, 4) is 0 Å². The number of carbonyl (C=O) groups excluding carboxylic acids is 1. The van der Waals surface area contributed by atoms with Crippen LogP contribution in [0, 0.1) is 6.92 Å². The number of fused-ring (bicyclic) bond motifs is 1. The molecule has 2 aromatic rings. The molecule has 8 nitrogen and oxygen atoms in total. The van der Waals surface area contributed by atoms with E-state index in [4.69, 9.17) is 9.05 Å². The molecular weight excluding hydrogens is 393 g/mol. The van der Waals surface area contributed by atoms with Gasteiger partial charge >= 0.3 is 19.4 Å². The van der Waals surface area contributed by atoms with Gasteiger partial charge in [-0.25, -0.2) is 4.68 Å². The minimum absolute atomic E-state index is 0.143. The smallest absolute Gasteiger partial charge is 0.308 e. The lowest BCUT2D eigenvalue weighted by Gasteiger charge is -2.16. The lowest BCUT2D eigenvalue weighted by Crippen LogP contribution is -2.34. The van der Waals surface area contributed by atoms with Crippen LogP contribution in [0.25, 0.3) is 0 Å². The molecule has 0 N–H and O–H groups in total. The SMILES string of the molecule is CCOP(=O)(Cn1cc(CN2C(=O)C(F)(F)c3cc(C)ccc32)nn1)OCC. The topological polar surface area (TPSA) is 86.6 Å². The second-order valence-corrected chi connectivity index (χ2v) is 8.34. The lowest BCUT2D eigenvalue weighted by molar-refractivity contribution is -0.141. The second-order valence-electron chi connectivity index (χ2n) is 6.32. The molecule has 0 bridgehead atoms. The number of benzene rings is 1. The number of hydrogen-bond acceptors (Lipinski definition) is 6. The third-order valence-electron chi connectivity index (χ3n) is 4.17. The second kappa shape index (κ2) is 7.69. The summed E-state index contributed by atoms with van der Waals surface area (Å²) < 4.78 is 52.9. The van der Waals surface area contributed by atoms with Gasteiger partial charge in [0, 0.05) is 0 Å². The number of halogens is 2. The number of amides is 1. The van der Waals surface area contributed by atoms with Crippen LogP contribution >= 0.6 is 7.60 Å². The summed E-state index contributed by atoms with van der Waals surface area (Å²) in [5.41, 5.74) is 0.741. The van der Waals surface area contributed by atoms with Crippen LogP contribution in [0.2, 0.25) is 0 Å². The minimum Gasteiger partial charge on any atom is -0.308 e. The molecule has 0 saturated carbocycles. The molecule has 0 unspecified atom stereocenters. The van der Waals surface area contributed by atoms with Crippen LogP contribution in [0.15, 0.2) is 24.4 Å². The lowest BCUT2D eigenvalue weighted by atomic mass is 10.1. The van der Waals surface area contributed by atoms with E-state index < -0.39 is 19.4 Å². The Kier molecular flexibility index (Phi) is 5.65. The predicted molar refractivity (Wildman–Crippen MR) is 97.1 cm³/mol. The Labute approximate surface area is 161 Å². The molecule has 0 radical (unpaired) electrons. The van der Waals surface area contributed by atoms with Crippen LogP contribution in [-0.4, -0.2) is 34.1 Å². The Morgan fingerprint density at radius 2 is 1.89 bits per heavy atom. The van der Waals surface area contributed by atoms with E-state index in [-0.39, 0.29) is 43.0 Å². The average Bonchev–Trinajstić information content (AvgIpc) is 3.12. The Morgan fingerprint density at radius 1 is 1.21 bits per heavy atom. The van der Waals surface area contributed by atoms with E-state index >= 15 is 0 Å². The highest BCUT2D eigenvalue weighted by Crippen LogP contribution is 2.49. The largest absolute Gasteiger partial charge is 0.352 e. The van der Waals surface area contributed by atoms with Gasteiger partial charge in [0.15, 0.2) is 0 Å². The van der Waals surface area contributed by atoms with Gasteiger partial charge in [-0.05, 0) is 32.9 Å². The summed E-state index contributed by atoms with van der Waals surface area (Å²) in [6.45, 7) is 5.29. The first kappa shape index (κ1) is 20.6. The van der Waals surface area contributed by atoms with Crippen LogP contribution in [0.1, 0.15) is 30.7 Å². The van der Waals surface area contributed by atoms with Gasteiger partial charge in [0.1, 0.15) is 12.0 Å². The van der Waals surface area contributed by atoms with Crippen molar-refractivity contribution in [3.63, 3.8) is 0 Å². The molecule has 0 saturated heterocycles. The highest BCUT2D eigenvalue weighted by atomic mass is 31.2. The zero-order valence-electron chi connectivity index (χ0n) is 15.8. The molecule has 0 atom stereocenters. The summed E-state index contributed by atoms with van der Waals surface area (Å²) in [5, 5.41) is 7.75. The van der Waals surface area contributed by atoms with E-state index in [1.54, 1.807) is 26.8 Å². The Balaban J connectivity index is 1.81. The number of alkyl halides is 2. The molecule has 1 aliphatic heterocycles. The summed E-state index contributed by atoms with van der Waals surface area (Å²) in [7, 11) is -3.40. The zero-order valence-corrected chi connectivity index (χ0v) is 16.7. The number of nitrogens with zero attached hydrogens (tertiary/aromatic N) is 4. The van der Waals surface area contributed by atoms with E-state index in [0.717, 1.165) is 4.90 Å². The van der Waals surface area contributed by atoms with Gasteiger partial charge < -0.3 is 13.9 Å². The summed E-state index contributed by atoms with van der Waals surface area (Å²) in [6.07, 6.45) is 1.27. The van der Waals surface area contributed by atoms with Gasteiger partial charge in [0.05, 0.1) is 37.2 Å². The van der Waals surface area contributed by atoms with Crippen molar-refractivity contribution in [2.75, 3.05) is 18.1 Å². The normalized spacial score (nSPS) is 15.9. The fourth-order valence-electron chi connectivity index (χ4n) is 3.02. The van der Waals surface area contributed by atoms with Crippen molar-refractivity contribution in [1.82, 2.24) is 15.0 Å². The molecular formula is C17H21F2N4O4P. The standard InChI is InChI=1S/C17H21F2N4O4P/c1-4-26-28(25,27-5-2)11-22-9-13(20-21-22)10-23-15-7-6-12(3)8-14(15)17(18,19)16(23)24/h6-9H,4-5,10-11H2,1-3H3. The number of anilines is 1. The molecule has 2 heterocycles. The fourth-order valence-corrected chi connectivity index (χ4v) is 4.54. The van der Waals surface area contributed by atoms with Gasteiger partial charge in [-0.3, -0.25) is 9.36 Å². The number of aryl methyl sites for hydroxylation is 1. The van der Waals surface area contributed by atoms with Crippen LogP contribution in [0.4, 0.5) is 14.5 Å². The average molecular weight is 414 g/mol. The number of aromatic nitrogens is 3. The molecule has 1 aliphatic rings. The van der Waals surface area contributed by atoms with Gasteiger partial charge in [0.25, 0.3) is 0 Å². The number of rotatable bonds is 8. The summed E-state index contributed by atoms with van der Waals surface area (Å²) in [4.78, 5) is 13.2. The van der Waals surface area contributed by atoms with Gasteiger partial charge in [-0.2, -0.15) is 8.78 Å². The maximum absolute atomic E-state index is 14.4. The summed E-state index contributed by atoms with van der Waals surface area (Å²) in [6, 6.07) is 4.47. The molecule has 0 spiro atoms. The van der Waals surface area contributed by atoms with E-state index in [1.165, 1.54) is 23.0 Å². The first-order chi connectivity index (χ1) is 13.2. The van der Waals surface area contributed by atoms with Crippen LogP contribution < -0.4 is 4.90 Å². The third kappa shape index (κ3) is 3.85. The summed E-state index contributed by atoms with van der Waals surface area (Å²) >= 11 is 0. The zero-order chi connectivity index (χ0) is 20.5. The molecule has 3 rings (SSSR count). The van der Waals surface area contributed by atoms with Crippen molar-refractivity contribution in [1.29, 1.82) is 0 Å². The van der Waals surface area contributed by atoms with Gasteiger partial charge in [-0.15, -0.1) is 5.10 Å². The monoisotopic (exact) mass is 414 g/mol. The Morgan fingerprint density at radius 3 is 2.54 bits per heavy atom. The molecule has 0 fully saturated rings. The van der Waals surface area contributed by atoms with Gasteiger partial charge in [-0.1, -0.05) is 16.8 Å². The molecule has 11 heteroatoms. The first-order valence-electron chi connectivity index (χ1n) is 8.78. The maximum Gasteiger partial charge on any atom is 0.352 e. The van der Waals surface area contributed by atoms with Crippen molar-refractivity contribution >= 4 is 19.2 Å². The van der Waals surface area contributed by atoms with Gasteiger partial charge in [0.2, 0.25) is 0 Å². The van der Waals surface area contributed by atoms with Crippen LogP contribution in [-0.2, 0) is 37.2 Å². The van der Waals surface area contributed by atoms with E-state index in [0.29, 0.717) is 5.56 Å². The highest BCUT2D eigenvalue weighted by Gasteiger charge is 2.52. The maximum atomic E-state index is 14.4. The predicted octanol–water partition coefficient (Wildman–Crippen LogP) is 3.45. The van der Waals surface area contributed by atoms with Crippen molar-refractivity contribution < 1.29 is 27.2 Å². The van der Waals surface area contributed by atoms with E-state index in [9.17, 15) is 18.1 Å². The molecule has 1 amide bonds. The first-order valence-corrected chi connectivity index (χ1v) is 10.5. The molecule has 1 aromatic heterocycles. The molecule has 0 aliphatic carbocycles. The molecule has 28 heavy (non-hydrogen) atoms. The van der Waals surface area contributed by atoms with Crippen LogP contribution in [0.3, 0.4) is 0 Å². The van der Waals surface area contributed by atoms with Crippen molar-refractivity contribution in [3.05, 3.63) is 41.2 Å². The third-order valence-corrected chi connectivity index (χ3v) is 6.11. The quantitative estimate of drug-likeness (QED) is 0.615. The van der Waals surface area contributed by atoms with E-state index in [2.05, 4.69) is 10.3 Å². The molecule has 1 aromatic carbocycles. The minimum atomic E-state index is -3.59. The highest BCUT2D eigenvalue weighted by molar-refractivity contribution is 7.52. The van der Waals surface area contributed by atoms with Crippen molar-refractivity contribution in [2.24, 2.45) is 0 Å². The number of hydrogen-bond donors (Lipinski definition) is 0. The Bertz CT molecular complexity index is 924. The van der Waals surface area contributed by atoms with E-state index in [1.807, 2.05) is 0 Å². The summed E-state index contributed by atoms with van der Waals surface area (Å²) in [5.74, 6) is -4.89. The van der Waals surface area contributed by atoms with Crippen LogP contribution in [0.5, 0.6) is 0 Å². The molecule has 152 valence electrons. The Hall–Kier alpha value is -2.16. The number of carbonyl (C=O) groups is 1. The van der Waals surface area contributed by atoms with Crippen molar-refractivity contribution in [2.45, 2.75) is 39.5 Å². The fraction of sp³-hybridized carbons (Fsp3) is 0.471.